The first-order chi connectivity index (χ1) is 8.68. The van der Waals surface area contributed by atoms with E-state index < -0.39 is 10.0 Å². The summed E-state index contributed by atoms with van der Waals surface area (Å²) in [6, 6.07) is 5.49. The van der Waals surface area contributed by atoms with Gasteiger partial charge >= 0.3 is 0 Å². The average molecular weight is 266 g/mol. The Kier molecular flexibility index (Phi) is 3.03. The molecule has 0 spiro atoms. The second kappa shape index (κ2) is 4.55. The van der Waals surface area contributed by atoms with E-state index in [2.05, 4.69) is 5.32 Å². The minimum Gasteiger partial charge on any atom is -0.385 e. The SMILES string of the molecule is O=S(=O)(c1ccc2c(c1)NCCC2)N1CCCC1. The van der Waals surface area contributed by atoms with Crippen LogP contribution in [0.15, 0.2) is 23.1 Å². The van der Waals surface area contributed by atoms with E-state index in [-0.39, 0.29) is 0 Å². The summed E-state index contributed by atoms with van der Waals surface area (Å²) in [5, 5.41) is 3.28. The Morgan fingerprint density at radius 3 is 2.67 bits per heavy atom. The standard InChI is InChI=1S/C13H18N2O2S/c16-18(17,15-8-1-2-9-15)12-6-5-11-4-3-7-14-13(11)10-12/h5-6,10,14H,1-4,7-9H2. The lowest BCUT2D eigenvalue weighted by Crippen LogP contribution is -2.28. The molecule has 0 atom stereocenters. The van der Waals surface area contributed by atoms with Crippen molar-refractivity contribution in [1.82, 2.24) is 4.31 Å². The molecule has 98 valence electrons. The van der Waals surface area contributed by atoms with Crippen molar-refractivity contribution in [3.8, 4) is 0 Å². The Balaban J connectivity index is 1.96. The maximum absolute atomic E-state index is 12.4. The van der Waals surface area contributed by atoms with E-state index in [0.717, 1.165) is 37.9 Å². The topological polar surface area (TPSA) is 49.4 Å². The largest absolute Gasteiger partial charge is 0.385 e. The van der Waals surface area contributed by atoms with Crippen molar-refractivity contribution in [2.75, 3.05) is 25.0 Å². The molecule has 5 heteroatoms. The second-order valence-electron chi connectivity index (χ2n) is 4.96. The van der Waals surface area contributed by atoms with Gasteiger partial charge in [-0.15, -0.1) is 0 Å². The molecule has 0 saturated carbocycles. The number of nitrogens with zero attached hydrogens (tertiary/aromatic N) is 1. The third-order valence-electron chi connectivity index (χ3n) is 3.72. The fraction of sp³-hybridized carbons (Fsp3) is 0.538. The molecule has 3 rings (SSSR count). The van der Waals surface area contributed by atoms with Crippen LogP contribution in [0.4, 0.5) is 5.69 Å². The van der Waals surface area contributed by atoms with Gasteiger partial charge in [-0.3, -0.25) is 0 Å². The van der Waals surface area contributed by atoms with Gasteiger partial charge in [0.2, 0.25) is 10.0 Å². The third kappa shape index (κ3) is 2.01. The van der Waals surface area contributed by atoms with Crippen LogP contribution < -0.4 is 5.32 Å². The summed E-state index contributed by atoms with van der Waals surface area (Å²) in [5.74, 6) is 0. The monoisotopic (exact) mass is 266 g/mol. The number of sulfonamides is 1. The average Bonchev–Trinajstić information content (AvgIpc) is 2.92. The second-order valence-corrected chi connectivity index (χ2v) is 6.90. The van der Waals surface area contributed by atoms with Gasteiger partial charge in [0.05, 0.1) is 4.90 Å². The van der Waals surface area contributed by atoms with Crippen molar-refractivity contribution >= 4 is 15.7 Å². The lowest BCUT2D eigenvalue weighted by atomic mass is 10.0. The molecular weight excluding hydrogens is 248 g/mol. The van der Waals surface area contributed by atoms with Crippen LogP contribution in [0.3, 0.4) is 0 Å². The van der Waals surface area contributed by atoms with E-state index in [4.69, 9.17) is 0 Å². The first kappa shape index (κ1) is 12.0. The molecule has 4 nitrogen and oxygen atoms in total. The van der Waals surface area contributed by atoms with Crippen molar-refractivity contribution in [3.05, 3.63) is 23.8 Å². The van der Waals surface area contributed by atoms with E-state index in [1.54, 1.807) is 16.4 Å². The van der Waals surface area contributed by atoms with Crippen LogP contribution in [0, 0.1) is 0 Å². The van der Waals surface area contributed by atoms with Gasteiger partial charge in [0, 0.05) is 25.3 Å². The van der Waals surface area contributed by atoms with E-state index in [1.807, 2.05) is 6.07 Å². The van der Waals surface area contributed by atoms with Gasteiger partial charge in [0.1, 0.15) is 0 Å². The lowest BCUT2D eigenvalue weighted by molar-refractivity contribution is 0.477. The molecule has 2 heterocycles. The fourth-order valence-corrected chi connectivity index (χ4v) is 4.22. The summed E-state index contributed by atoms with van der Waals surface area (Å²) in [6.45, 7) is 2.25. The molecule has 0 bridgehead atoms. The molecule has 18 heavy (non-hydrogen) atoms. The van der Waals surface area contributed by atoms with E-state index >= 15 is 0 Å². The number of anilines is 1. The Hall–Kier alpha value is -1.07. The Bertz CT molecular complexity index is 548. The maximum Gasteiger partial charge on any atom is 0.243 e. The minimum absolute atomic E-state index is 0.428. The van der Waals surface area contributed by atoms with Gasteiger partial charge in [-0.1, -0.05) is 6.07 Å². The zero-order valence-electron chi connectivity index (χ0n) is 10.4. The predicted molar refractivity (Wildman–Crippen MR) is 71.2 cm³/mol. The van der Waals surface area contributed by atoms with Gasteiger partial charge in [-0.25, -0.2) is 8.42 Å². The molecule has 2 aliphatic rings. The summed E-state index contributed by atoms with van der Waals surface area (Å²) < 4.78 is 26.4. The van der Waals surface area contributed by atoms with Gasteiger partial charge in [-0.2, -0.15) is 4.31 Å². The summed E-state index contributed by atoms with van der Waals surface area (Å²) in [7, 11) is -3.28. The van der Waals surface area contributed by atoms with Crippen molar-refractivity contribution in [1.29, 1.82) is 0 Å². The quantitative estimate of drug-likeness (QED) is 0.888. The van der Waals surface area contributed by atoms with E-state index in [0.29, 0.717) is 18.0 Å². The van der Waals surface area contributed by atoms with Crippen LogP contribution in [0.5, 0.6) is 0 Å². The molecule has 0 unspecified atom stereocenters. The number of fused-ring (bicyclic) bond motifs is 1. The number of benzene rings is 1. The highest BCUT2D eigenvalue weighted by Gasteiger charge is 2.27. The van der Waals surface area contributed by atoms with E-state index in [1.165, 1.54) is 5.56 Å². The molecule has 0 aromatic heterocycles. The highest BCUT2D eigenvalue weighted by Crippen LogP contribution is 2.28. The van der Waals surface area contributed by atoms with Gasteiger partial charge in [0.25, 0.3) is 0 Å². The Morgan fingerprint density at radius 1 is 1.11 bits per heavy atom. The van der Waals surface area contributed by atoms with Crippen molar-refractivity contribution in [3.63, 3.8) is 0 Å². The molecule has 0 amide bonds. The molecule has 1 aromatic rings. The number of aryl methyl sites for hydroxylation is 1. The van der Waals surface area contributed by atoms with Crippen LogP contribution >= 0.6 is 0 Å². The first-order valence-corrected chi connectivity index (χ1v) is 7.99. The summed E-state index contributed by atoms with van der Waals surface area (Å²) in [6.07, 6.45) is 4.10. The van der Waals surface area contributed by atoms with Crippen LogP contribution in [0.2, 0.25) is 0 Å². The zero-order valence-corrected chi connectivity index (χ0v) is 11.2. The molecule has 0 radical (unpaired) electrons. The van der Waals surface area contributed by atoms with Crippen molar-refractivity contribution < 1.29 is 8.42 Å². The fourth-order valence-electron chi connectivity index (χ4n) is 2.68. The van der Waals surface area contributed by atoms with Gasteiger partial charge in [0.15, 0.2) is 0 Å². The zero-order chi connectivity index (χ0) is 12.6. The molecule has 0 aliphatic carbocycles. The molecule has 1 saturated heterocycles. The van der Waals surface area contributed by atoms with Crippen molar-refractivity contribution in [2.24, 2.45) is 0 Å². The summed E-state index contributed by atoms with van der Waals surface area (Å²) in [5.41, 5.74) is 2.21. The van der Waals surface area contributed by atoms with Gasteiger partial charge < -0.3 is 5.32 Å². The van der Waals surface area contributed by atoms with Crippen LogP contribution in [0.25, 0.3) is 0 Å². The number of nitrogens with one attached hydrogen (secondary N) is 1. The molecule has 2 aliphatic heterocycles. The van der Waals surface area contributed by atoms with Gasteiger partial charge in [-0.05, 0) is 43.4 Å². The van der Waals surface area contributed by atoms with Crippen LogP contribution in [0.1, 0.15) is 24.8 Å². The van der Waals surface area contributed by atoms with Crippen molar-refractivity contribution in [2.45, 2.75) is 30.6 Å². The lowest BCUT2D eigenvalue weighted by Gasteiger charge is -2.20. The third-order valence-corrected chi connectivity index (χ3v) is 5.62. The minimum atomic E-state index is -3.28. The molecular formula is C13H18N2O2S. The Morgan fingerprint density at radius 2 is 1.89 bits per heavy atom. The normalized spacial score (nSPS) is 20.4. The highest BCUT2D eigenvalue weighted by molar-refractivity contribution is 7.89. The highest BCUT2D eigenvalue weighted by atomic mass is 32.2. The molecule has 1 N–H and O–H groups in total. The molecule has 1 aromatic carbocycles. The number of rotatable bonds is 2. The first-order valence-electron chi connectivity index (χ1n) is 6.55. The maximum atomic E-state index is 12.4. The Labute approximate surface area is 108 Å². The number of hydrogen-bond donors (Lipinski definition) is 1. The smallest absolute Gasteiger partial charge is 0.243 e. The van der Waals surface area contributed by atoms with Crippen LogP contribution in [-0.4, -0.2) is 32.4 Å². The predicted octanol–water partition coefficient (Wildman–Crippen LogP) is 1.83. The summed E-state index contributed by atoms with van der Waals surface area (Å²) >= 11 is 0. The van der Waals surface area contributed by atoms with Crippen LogP contribution in [-0.2, 0) is 16.4 Å². The molecule has 1 fully saturated rings. The summed E-state index contributed by atoms with van der Waals surface area (Å²) in [4.78, 5) is 0.428. The van der Waals surface area contributed by atoms with E-state index in [9.17, 15) is 8.42 Å². The number of hydrogen-bond acceptors (Lipinski definition) is 3.